The van der Waals surface area contributed by atoms with E-state index < -0.39 is 0 Å². The van der Waals surface area contributed by atoms with E-state index in [1.807, 2.05) is 6.92 Å². The van der Waals surface area contributed by atoms with Crippen LogP contribution in [0.3, 0.4) is 0 Å². The van der Waals surface area contributed by atoms with Crippen molar-refractivity contribution in [1.29, 1.82) is 0 Å². The molecule has 3 nitrogen and oxygen atoms in total. The van der Waals surface area contributed by atoms with E-state index in [1.165, 1.54) is 6.92 Å². The van der Waals surface area contributed by atoms with Gasteiger partial charge in [-0.3, -0.25) is 9.78 Å². The van der Waals surface area contributed by atoms with Gasteiger partial charge in [0.2, 0.25) is 5.91 Å². The lowest BCUT2D eigenvalue weighted by atomic mass is 10.1. The summed E-state index contributed by atoms with van der Waals surface area (Å²) in [5.74, 6) is -0.0765. The van der Waals surface area contributed by atoms with Crippen LogP contribution in [-0.2, 0) is 4.79 Å². The third-order valence-corrected chi connectivity index (χ3v) is 2.03. The Kier molecular flexibility index (Phi) is 3.25. The molecule has 0 aliphatic rings. The topological polar surface area (TPSA) is 42.0 Å². The number of carbonyl (C=O) groups is 1. The number of carbonyl (C=O) groups excluding carboxylic acids is 1. The molecule has 13 heavy (non-hydrogen) atoms. The summed E-state index contributed by atoms with van der Waals surface area (Å²) in [7, 11) is 0. The van der Waals surface area contributed by atoms with Crippen LogP contribution in [0.25, 0.3) is 0 Å². The van der Waals surface area contributed by atoms with E-state index >= 15 is 0 Å². The van der Waals surface area contributed by atoms with Gasteiger partial charge >= 0.3 is 0 Å². The average Bonchev–Trinajstić information content (AvgIpc) is 2.03. The fourth-order valence-electron chi connectivity index (χ4n) is 1.09. The number of pyridine rings is 1. The van der Waals surface area contributed by atoms with Crippen LogP contribution < -0.4 is 5.32 Å². The van der Waals surface area contributed by atoms with Crippen LogP contribution in [-0.4, -0.2) is 10.9 Å². The zero-order valence-corrected chi connectivity index (χ0v) is 8.30. The number of halogens is 1. The second-order valence-electron chi connectivity index (χ2n) is 2.82. The molecule has 1 aromatic rings. The van der Waals surface area contributed by atoms with Crippen molar-refractivity contribution in [3.05, 3.63) is 29.0 Å². The minimum absolute atomic E-state index is 0.0765. The molecule has 0 unspecified atom stereocenters. The number of nitrogens with one attached hydrogen (secondary N) is 1. The molecule has 1 N–H and O–H groups in total. The van der Waals surface area contributed by atoms with Gasteiger partial charge in [0.25, 0.3) is 0 Å². The maximum atomic E-state index is 10.8. The highest BCUT2D eigenvalue weighted by Crippen LogP contribution is 2.20. The number of aromatic nitrogens is 1. The fraction of sp³-hybridized carbons (Fsp3) is 0.333. The van der Waals surface area contributed by atoms with Crippen molar-refractivity contribution in [2.75, 3.05) is 0 Å². The van der Waals surface area contributed by atoms with Crippen LogP contribution in [0.15, 0.2) is 18.5 Å². The molecule has 0 aliphatic heterocycles. The minimum Gasteiger partial charge on any atom is -0.350 e. The van der Waals surface area contributed by atoms with Crippen LogP contribution >= 0.6 is 11.6 Å². The quantitative estimate of drug-likeness (QED) is 0.789. The first-order chi connectivity index (χ1) is 6.11. The first-order valence-corrected chi connectivity index (χ1v) is 4.35. The highest BCUT2D eigenvalue weighted by molar-refractivity contribution is 6.31. The normalized spacial score (nSPS) is 12.2. The maximum Gasteiger partial charge on any atom is 0.217 e. The number of nitrogens with zero attached hydrogens (tertiary/aromatic N) is 1. The summed E-state index contributed by atoms with van der Waals surface area (Å²) in [6.07, 6.45) is 3.27. The molecule has 0 saturated heterocycles. The summed E-state index contributed by atoms with van der Waals surface area (Å²) in [6.45, 7) is 3.34. The van der Waals surface area contributed by atoms with Crippen molar-refractivity contribution in [3.8, 4) is 0 Å². The van der Waals surface area contributed by atoms with Gasteiger partial charge in [0.1, 0.15) is 0 Å². The Morgan fingerprint density at radius 3 is 2.92 bits per heavy atom. The predicted octanol–water partition coefficient (Wildman–Crippen LogP) is 1.93. The first-order valence-electron chi connectivity index (χ1n) is 3.97. The molecule has 1 heterocycles. The molecular formula is C9H11ClN2O. The van der Waals surface area contributed by atoms with E-state index in [1.54, 1.807) is 18.5 Å². The number of rotatable bonds is 2. The second-order valence-corrected chi connectivity index (χ2v) is 3.23. The maximum absolute atomic E-state index is 10.8. The largest absolute Gasteiger partial charge is 0.350 e. The van der Waals surface area contributed by atoms with Crippen molar-refractivity contribution >= 4 is 17.5 Å². The molecule has 0 bridgehead atoms. The van der Waals surface area contributed by atoms with Crippen LogP contribution in [0.2, 0.25) is 5.02 Å². The summed E-state index contributed by atoms with van der Waals surface area (Å²) in [5.41, 5.74) is 0.833. The van der Waals surface area contributed by atoms with E-state index in [2.05, 4.69) is 10.3 Å². The molecular weight excluding hydrogens is 188 g/mol. The molecule has 1 atom stereocenters. The minimum atomic E-state index is -0.0984. The lowest BCUT2D eigenvalue weighted by molar-refractivity contribution is -0.119. The van der Waals surface area contributed by atoms with E-state index in [0.29, 0.717) is 5.02 Å². The first kappa shape index (κ1) is 9.99. The van der Waals surface area contributed by atoms with Crippen LogP contribution in [0, 0.1) is 0 Å². The van der Waals surface area contributed by atoms with E-state index in [-0.39, 0.29) is 11.9 Å². The second kappa shape index (κ2) is 4.23. The molecule has 0 aliphatic carbocycles. The Hall–Kier alpha value is -1.09. The monoisotopic (exact) mass is 198 g/mol. The SMILES string of the molecule is CC(=O)N[C@H](C)c1cnccc1Cl. The van der Waals surface area contributed by atoms with Crippen molar-refractivity contribution < 1.29 is 4.79 Å². The van der Waals surface area contributed by atoms with Crippen LogP contribution in [0.5, 0.6) is 0 Å². The Bertz CT molecular complexity index is 314. The molecule has 0 radical (unpaired) electrons. The number of hydrogen-bond acceptors (Lipinski definition) is 2. The smallest absolute Gasteiger partial charge is 0.217 e. The predicted molar refractivity (Wildman–Crippen MR) is 51.5 cm³/mol. The van der Waals surface area contributed by atoms with Crippen LogP contribution in [0.4, 0.5) is 0 Å². The van der Waals surface area contributed by atoms with Gasteiger partial charge in [0.05, 0.1) is 6.04 Å². The number of amides is 1. The van der Waals surface area contributed by atoms with Crippen molar-refractivity contribution in [2.24, 2.45) is 0 Å². The molecule has 0 fully saturated rings. The summed E-state index contributed by atoms with van der Waals surface area (Å²) in [4.78, 5) is 14.7. The number of hydrogen-bond donors (Lipinski definition) is 1. The lowest BCUT2D eigenvalue weighted by Crippen LogP contribution is -2.23. The molecule has 70 valence electrons. The van der Waals surface area contributed by atoms with Crippen LogP contribution in [0.1, 0.15) is 25.5 Å². The van der Waals surface area contributed by atoms with Gasteiger partial charge in [-0.05, 0) is 13.0 Å². The van der Waals surface area contributed by atoms with Gasteiger partial charge in [-0.1, -0.05) is 11.6 Å². The summed E-state index contributed by atoms with van der Waals surface area (Å²) in [6, 6.07) is 1.61. The summed E-state index contributed by atoms with van der Waals surface area (Å²) in [5, 5.41) is 3.36. The van der Waals surface area contributed by atoms with E-state index in [0.717, 1.165) is 5.56 Å². The fourth-order valence-corrected chi connectivity index (χ4v) is 1.36. The highest BCUT2D eigenvalue weighted by Gasteiger charge is 2.09. The third kappa shape index (κ3) is 2.70. The van der Waals surface area contributed by atoms with Crippen molar-refractivity contribution in [3.63, 3.8) is 0 Å². The molecule has 1 aromatic heterocycles. The summed E-state index contributed by atoms with van der Waals surface area (Å²) < 4.78 is 0. The van der Waals surface area contributed by atoms with Gasteiger partial charge in [0.15, 0.2) is 0 Å². The molecule has 1 amide bonds. The molecule has 1 rings (SSSR count). The van der Waals surface area contributed by atoms with Gasteiger partial charge in [-0.15, -0.1) is 0 Å². The van der Waals surface area contributed by atoms with Crippen molar-refractivity contribution in [1.82, 2.24) is 10.3 Å². The lowest BCUT2D eigenvalue weighted by Gasteiger charge is -2.13. The van der Waals surface area contributed by atoms with Crippen molar-refractivity contribution in [2.45, 2.75) is 19.9 Å². The van der Waals surface area contributed by atoms with E-state index in [9.17, 15) is 4.79 Å². The van der Waals surface area contributed by atoms with E-state index in [4.69, 9.17) is 11.6 Å². The Morgan fingerprint density at radius 1 is 1.69 bits per heavy atom. The molecule has 0 saturated carbocycles. The third-order valence-electron chi connectivity index (χ3n) is 1.68. The van der Waals surface area contributed by atoms with Gasteiger partial charge in [0, 0.05) is 29.9 Å². The average molecular weight is 199 g/mol. The van der Waals surface area contributed by atoms with Gasteiger partial charge < -0.3 is 5.32 Å². The molecule has 0 aromatic carbocycles. The van der Waals surface area contributed by atoms with Gasteiger partial charge in [-0.2, -0.15) is 0 Å². The van der Waals surface area contributed by atoms with Gasteiger partial charge in [-0.25, -0.2) is 0 Å². The summed E-state index contributed by atoms with van der Waals surface area (Å²) >= 11 is 5.91. The zero-order valence-electron chi connectivity index (χ0n) is 7.54. The Morgan fingerprint density at radius 2 is 2.38 bits per heavy atom. The Balaban J connectivity index is 2.82. The zero-order chi connectivity index (χ0) is 9.84. The highest BCUT2D eigenvalue weighted by atomic mass is 35.5. The standard InChI is InChI=1S/C9H11ClN2O/c1-6(12-7(2)13)8-5-11-4-3-9(8)10/h3-6H,1-2H3,(H,12,13)/t6-/m1/s1. The molecule has 4 heteroatoms. The Labute approximate surface area is 82.1 Å². The molecule has 0 spiro atoms.